The normalized spacial score (nSPS) is 10.0. The van der Waals surface area contributed by atoms with Gasteiger partial charge in [-0.1, -0.05) is 0 Å². The molecular weight excluding hydrogens is 187 g/mol. The minimum atomic E-state index is -0.694. The number of hydrogen-bond acceptors (Lipinski definition) is 3. The van der Waals surface area contributed by atoms with Crippen molar-refractivity contribution in [3.05, 3.63) is 45.8 Å². The highest BCUT2D eigenvalue weighted by molar-refractivity contribution is 5.62. The maximum absolute atomic E-state index is 12.6. The molecule has 0 spiro atoms. The fourth-order valence-corrected chi connectivity index (χ4v) is 0.943. The smallest absolute Gasteiger partial charge is 0.258 e. The number of hydrogen-bond donors (Lipinski definition) is 0. The summed E-state index contributed by atoms with van der Waals surface area (Å²) >= 11 is 0. The van der Waals surface area contributed by atoms with Gasteiger partial charge in [0.25, 0.3) is 5.69 Å². The van der Waals surface area contributed by atoms with Crippen LogP contribution in [0.15, 0.2) is 24.3 Å². The van der Waals surface area contributed by atoms with Crippen molar-refractivity contribution in [2.24, 2.45) is 0 Å². The number of nitro benzene ring substituents is 1. The van der Waals surface area contributed by atoms with Crippen molar-refractivity contribution in [1.29, 1.82) is 5.26 Å². The van der Waals surface area contributed by atoms with Crippen LogP contribution in [0.2, 0.25) is 0 Å². The highest BCUT2D eigenvalue weighted by Crippen LogP contribution is 2.20. The van der Waals surface area contributed by atoms with Gasteiger partial charge in [-0.2, -0.15) is 5.26 Å². The van der Waals surface area contributed by atoms with Crippen molar-refractivity contribution in [2.75, 3.05) is 0 Å². The zero-order valence-electron chi connectivity index (χ0n) is 6.98. The second kappa shape index (κ2) is 4.14. The standard InChI is InChI=1S/C9H5FN2O2/c10-8-4-3-7(2-1-5-11)9(6-8)12(13)14/h1-4,6H. The average Bonchev–Trinajstić information content (AvgIpc) is 2.15. The van der Waals surface area contributed by atoms with E-state index >= 15 is 0 Å². The number of nitro groups is 1. The molecule has 0 heterocycles. The number of nitrogens with zero attached hydrogens (tertiary/aromatic N) is 2. The third-order valence-corrected chi connectivity index (χ3v) is 1.53. The van der Waals surface area contributed by atoms with Gasteiger partial charge in [-0.05, 0) is 18.2 Å². The summed E-state index contributed by atoms with van der Waals surface area (Å²) in [5.41, 5.74) is -0.144. The van der Waals surface area contributed by atoms with Crippen LogP contribution in [-0.4, -0.2) is 4.92 Å². The molecular formula is C9H5FN2O2. The van der Waals surface area contributed by atoms with E-state index in [-0.39, 0.29) is 11.3 Å². The molecule has 4 nitrogen and oxygen atoms in total. The first-order chi connectivity index (χ1) is 6.65. The summed E-state index contributed by atoms with van der Waals surface area (Å²) in [5.74, 6) is -0.675. The number of rotatable bonds is 2. The Morgan fingerprint density at radius 2 is 2.29 bits per heavy atom. The van der Waals surface area contributed by atoms with Crippen molar-refractivity contribution < 1.29 is 9.31 Å². The van der Waals surface area contributed by atoms with Crippen LogP contribution in [0.25, 0.3) is 6.08 Å². The van der Waals surface area contributed by atoms with E-state index in [0.29, 0.717) is 0 Å². The van der Waals surface area contributed by atoms with Crippen LogP contribution in [0, 0.1) is 27.3 Å². The van der Waals surface area contributed by atoms with Crippen molar-refractivity contribution in [1.82, 2.24) is 0 Å². The monoisotopic (exact) mass is 192 g/mol. The molecule has 70 valence electrons. The largest absolute Gasteiger partial charge is 0.279 e. The van der Waals surface area contributed by atoms with E-state index < -0.39 is 10.7 Å². The van der Waals surface area contributed by atoms with Gasteiger partial charge in [0.2, 0.25) is 0 Å². The second-order valence-corrected chi connectivity index (χ2v) is 2.42. The Balaban J connectivity index is 3.23. The predicted octanol–water partition coefficient (Wildman–Crippen LogP) is 2.27. The molecule has 0 aliphatic carbocycles. The first-order valence-corrected chi connectivity index (χ1v) is 3.65. The van der Waals surface area contributed by atoms with E-state index in [1.807, 2.05) is 0 Å². The molecule has 1 aromatic carbocycles. The summed E-state index contributed by atoms with van der Waals surface area (Å²) in [7, 11) is 0. The molecule has 14 heavy (non-hydrogen) atoms. The maximum Gasteiger partial charge on any atom is 0.279 e. The van der Waals surface area contributed by atoms with E-state index in [9.17, 15) is 14.5 Å². The third kappa shape index (κ3) is 2.14. The van der Waals surface area contributed by atoms with Crippen LogP contribution >= 0.6 is 0 Å². The van der Waals surface area contributed by atoms with Gasteiger partial charge >= 0.3 is 0 Å². The molecule has 0 saturated carbocycles. The third-order valence-electron chi connectivity index (χ3n) is 1.53. The predicted molar refractivity (Wildman–Crippen MR) is 47.7 cm³/mol. The first kappa shape index (κ1) is 9.86. The molecule has 0 radical (unpaired) electrons. The average molecular weight is 192 g/mol. The molecule has 0 bridgehead atoms. The number of halogens is 1. The van der Waals surface area contributed by atoms with Gasteiger partial charge in [0.1, 0.15) is 5.82 Å². The Kier molecular flexibility index (Phi) is 2.92. The van der Waals surface area contributed by atoms with Crippen molar-refractivity contribution >= 4 is 11.8 Å². The molecule has 0 fully saturated rings. The highest BCUT2D eigenvalue weighted by Gasteiger charge is 2.11. The Hall–Kier alpha value is -2.22. The Morgan fingerprint density at radius 3 is 2.86 bits per heavy atom. The van der Waals surface area contributed by atoms with Gasteiger partial charge in [-0.3, -0.25) is 10.1 Å². The topological polar surface area (TPSA) is 66.9 Å². The molecule has 0 aromatic heterocycles. The summed E-state index contributed by atoms with van der Waals surface area (Å²) < 4.78 is 12.6. The van der Waals surface area contributed by atoms with E-state index in [2.05, 4.69) is 0 Å². The quantitative estimate of drug-likeness (QED) is 0.410. The van der Waals surface area contributed by atoms with Crippen LogP contribution in [0.5, 0.6) is 0 Å². The van der Waals surface area contributed by atoms with Gasteiger partial charge < -0.3 is 0 Å². The van der Waals surface area contributed by atoms with Gasteiger partial charge in [0, 0.05) is 6.08 Å². The van der Waals surface area contributed by atoms with Gasteiger partial charge in [-0.25, -0.2) is 4.39 Å². The minimum Gasteiger partial charge on any atom is -0.258 e. The van der Waals surface area contributed by atoms with Gasteiger partial charge in [-0.15, -0.1) is 0 Å². The summed E-state index contributed by atoms with van der Waals surface area (Å²) in [6.45, 7) is 0. The van der Waals surface area contributed by atoms with Gasteiger partial charge in [0.15, 0.2) is 0 Å². The maximum atomic E-state index is 12.6. The molecule has 0 N–H and O–H groups in total. The summed E-state index contributed by atoms with van der Waals surface area (Å²) in [6, 6.07) is 4.87. The van der Waals surface area contributed by atoms with Crippen LogP contribution in [0.3, 0.4) is 0 Å². The summed E-state index contributed by atoms with van der Waals surface area (Å²) in [6.07, 6.45) is 2.36. The SMILES string of the molecule is N#CC=Cc1ccc(F)cc1[N+](=O)[O-]. The fraction of sp³-hybridized carbons (Fsp3) is 0. The zero-order valence-corrected chi connectivity index (χ0v) is 6.98. The lowest BCUT2D eigenvalue weighted by atomic mass is 10.1. The first-order valence-electron chi connectivity index (χ1n) is 3.65. The molecule has 0 aliphatic heterocycles. The minimum absolute atomic E-state index is 0.206. The Bertz CT molecular complexity index is 435. The van der Waals surface area contributed by atoms with E-state index in [0.717, 1.165) is 18.2 Å². The number of allylic oxidation sites excluding steroid dienone is 1. The van der Waals surface area contributed by atoms with Crippen molar-refractivity contribution in [2.45, 2.75) is 0 Å². The Morgan fingerprint density at radius 1 is 1.57 bits per heavy atom. The van der Waals surface area contributed by atoms with Crippen molar-refractivity contribution in [3.63, 3.8) is 0 Å². The molecule has 1 aromatic rings. The highest BCUT2D eigenvalue weighted by atomic mass is 19.1. The van der Waals surface area contributed by atoms with Crippen LogP contribution < -0.4 is 0 Å². The lowest BCUT2D eigenvalue weighted by Crippen LogP contribution is -1.92. The van der Waals surface area contributed by atoms with E-state index in [4.69, 9.17) is 5.26 Å². The van der Waals surface area contributed by atoms with Crippen LogP contribution in [0.4, 0.5) is 10.1 Å². The van der Waals surface area contributed by atoms with E-state index in [1.165, 1.54) is 12.1 Å². The van der Waals surface area contributed by atoms with Crippen molar-refractivity contribution in [3.8, 4) is 6.07 Å². The molecule has 0 saturated heterocycles. The second-order valence-electron chi connectivity index (χ2n) is 2.42. The molecule has 0 amide bonds. The fourth-order valence-electron chi connectivity index (χ4n) is 0.943. The molecule has 0 unspecified atom stereocenters. The summed E-state index contributed by atoms with van der Waals surface area (Å²) in [4.78, 5) is 9.76. The van der Waals surface area contributed by atoms with Crippen LogP contribution in [0.1, 0.15) is 5.56 Å². The molecule has 0 atom stereocenters. The molecule has 1 rings (SSSR count). The lowest BCUT2D eigenvalue weighted by molar-refractivity contribution is -0.385. The molecule has 5 heteroatoms. The van der Waals surface area contributed by atoms with Crippen LogP contribution in [-0.2, 0) is 0 Å². The van der Waals surface area contributed by atoms with E-state index in [1.54, 1.807) is 6.07 Å². The van der Waals surface area contributed by atoms with Gasteiger partial charge in [0.05, 0.1) is 22.6 Å². The zero-order chi connectivity index (χ0) is 10.6. The summed E-state index contributed by atoms with van der Waals surface area (Å²) in [5, 5.41) is 18.7. The molecule has 0 aliphatic rings. The lowest BCUT2D eigenvalue weighted by Gasteiger charge is -1.96. The Labute approximate surface area is 79.0 Å². The number of nitriles is 1. The number of benzene rings is 1.